The van der Waals surface area contributed by atoms with Crippen molar-refractivity contribution in [2.24, 2.45) is 5.92 Å². The number of rotatable bonds is 1. The van der Waals surface area contributed by atoms with E-state index in [2.05, 4.69) is 26.8 Å². The van der Waals surface area contributed by atoms with Gasteiger partial charge in [0.25, 0.3) is 0 Å². The number of nitrogens with zero attached hydrogens (tertiary/aromatic N) is 3. The largest absolute Gasteiger partial charge is 0.384 e. The standard InChI is InChI=1S/C12H9BrN4O/c1-2-7-3-11(18)17(6-7)9-4-10(15)16-12(13)8(9)5-14/h1,4,7H,3,6H2,(H2,15,16). The average molecular weight is 305 g/mol. The summed E-state index contributed by atoms with van der Waals surface area (Å²) in [6, 6.07) is 3.52. The van der Waals surface area contributed by atoms with Crippen molar-refractivity contribution in [2.75, 3.05) is 17.2 Å². The lowest BCUT2D eigenvalue weighted by atomic mass is 10.1. The Morgan fingerprint density at radius 2 is 2.39 bits per heavy atom. The first-order valence-corrected chi connectivity index (χ1v) is 5.98. The van der Waals surface area contributed by atoms with Crippen LogP contribution in [0, 0.1) is 29.6 Å². The van der Waals surface area contributed by atoms with E-state index < -0.39 is 0 Å². The SMILES string of the molecule is C#CC1CC(=O)N(c2cc(N)nc(Br)c2C#N)C1. The summed E-state index contributed by atoms with van der Waals surface area (Å²) < 4.78 is 0.331. The molecule has 2 rings (SSSR count). The molecule has 2 N–H and O–H groups in total. The number of terminal acetylenes is 1. The molecule has 0 saturated carbocycles. The molecule has 1 aromatic rings. The Kier molecular flexibility index (Phi) is 3.22. The molecule has 0 bridgehead atoms. The van der Waals surface area contributed by atoms with E-state index in [9.17, 15) is 4.79 Å². The van der Waals surface area contributed by atoms with Crippen molar-refractivity contribution in [2.45, 2.75) is 6.42 Å². The number of halogens is 1. The normalized spacial score (nSPS) is 18.5. The van der Waals surface area contributed by atoms with E-state index in [4.69, 9.17) is 17.4 Å². The fourth-order valence-corrected chi connectivity index (χ4v) is 2.38. The third kappa shape index (κ3) is 2.03. The Morgan fingerprint density at radius 1 is 1.67 bits per heavy atom. The van der Waals surface area contributed by atoms with Crippen LogP contribution in [0.25, 0.3) is 0 Å². The molecule has 1 amide bonds. The van der Waals surface area contributed by atoms with E-state index in [-0.39, 0.29) is 23.2 Å². The number of aromatic nitrogens is 1. The molecule has 2 heterocycles. The van der Waals surface area contributed by atoms with E-state index in [0.717, 1.165) is 0 Å². The summed E-state index contributed by atoms with van der Waals surface area (Å²) in [4.78, 5) is 17.3. The van der Waals surface area contributed by atoms with E-state index in [1.54, 1.807) is 0 Å². The van der Waals surface area contributed by atoms with Crippen molar-refractivity contribution in [3.8, 4) is 18.4 Å². The molecule has 0 aliphatic carbocycles. The minimum Gasteiger partial charge on any atom is -0.384 e. The lowest BCUT2D eigenvalue weighted by molar-refractivity contribution is -0.117. The van der Waals surface area contributed by atoms with Crippen LogP contribution in [-0.4, -0.2) is 17.4 Å². The van der Waals surface area contributed by atoms with Crippen LogP contribution in [0.4, 0.5) is 11.5 Å². The van der Waals surface area contributed by atoms with E-state index in [1.165, 1.54) is 11.0 Å². The second kappa shape index (κ2) is 4.67. The molecule has 1 atom stereocenters. The van der Waals surface area contributed by atoms with Gasteiger partial charge in [0.1, 0.15) is 22.1 Å². The van der Waals surface area contributed by atoms with Gasteiger partial charge in [-0.15, -0.1) is 12.3 Å². The lowest BCUT2D eigenvalue weighted by Crippen LogP contribution is -2.25. The predicted octanol–water partition coefficient (Wildman–Crippen LogP) is 1.28. The van der Waals surface area contributed by atoms with Gasteiger partial charge in [-0.1, -0.05) is 0 Å². The van der Waals surface area contributed by atoms with Gasteiger partial charge >= 0.3 is 0 Å². The van der Waals surface area contributed by atoms with Gasteiger partial charge in [0.2, 0.25) is 5.91 Å². The zero-order valence-electron chi connectivity index (χ0n) is 9.35. The van der Waals surface area contributed by atoms with E-state index >= 15 is 0 Å². The van der Waals surface area contributed by atoms with Crippen LogP contribution in [0.1, 0.15) is 12.0 Å². The van der Waals surface area contributed by atoms with Gasteiger partial charge in [0.05, 0.1) is 5.69 Å². The van der Waals surface area contributed by atoms with Gasteiger partial charge in [-0.2, -0.15) is 5.26 Å². The topological polar surface area (TPSA) is 83.0 Å². The maximum atomic E-state index is 11.9. The molecule has 18 heavy (non-hydrogen) atoms. The molecule has 0 radical (unpaired) electrons. The second-order valence-electron chi connectivity index (χ2n) is 3.92. The van der Waals surface area contributed by atoms with Gasteiger partial charge in [0.15, 0.2) is 0 Å². The molecule has 5 nitrogen and oxygen atoms in total. The maximum Gasteiger partial charge on any atom is 0.228 e. The fourth-order valence-electron chi connectivity index (χ4n) is 1.89. The summed E-state index contributed by atoms with van der Waals surface area (Å²) in [6.07, 6.45) is 5.62. The summed E-state index contributed by atoms with van der Waals surface area (Å²) >= 11 is 3.17. The molecule has 1 aliphatic heterocycles. The zero-order chi connectivity index (χ0) is 13.3. The van der Waals surface area contributed by atoms with Crippen molar-refractivity contribution >= 4 is 33.3 Å². The van der Waals surface area contributed by atoms with Crippen molar-refractivity contribution in [1.82, 2.24) is 4.98 Å². The summed E-state index contributed by atoms with van der Waals surface area (Å²) in [6.45, 7) is 0.403. The van der Waals surface area contributed by atoms with Gasteiger partial charge in [-0.25, -0.2) is 4.98 Å². The summed E-state index contributed by atoms with van der Waals surface area (Å²) in [5.74, 6) is 2.57. The molecule has 90 valence electrons. The lowest BCUT2D eigenvalue weighted by Gasteiger charge is -2.18. The highest BCUT2D eigenvalue weighted by Crippen LogP contribution is 2.32. The predicted molar refractivity (Wildman–Crippen MR) is 70.4 cm³/mol. The molecule has 1 aromatic heterocycles. The Labute approximate surface area is 113 Å². The van der Waals surface area contributed by atoms with Crippen LogP contribution in [-0.2, 0) is 4.79 Å². The summed E-state index contributed by atoms with van der Waals surface area (Å²) in [5.41, 5.74) is 6.38. The number of carbonyl (C=O) groups is 1. The van der Waals surface area contributed by atoms with Gasteiger partial charge in [-0.05, 0) is 15.9 Å². The molecule has 1 fully saturated rings. The molecule has 1 aliphatic rings. The van der Waals surface area contributed by atoms with Gasteiger partial charge in [-0.3, -0.25) is 4.79 Å². The smallest absolute Gasteiger partial charge is 0.228 e. The number of hydrogen-bond donors (Lipinski definition) is 1. The Hall–Kier alpha value is -2.05. The maximum absolute atomic E-state index is 11.9. The first kappa shape index (κ1) is 12.4. The molecule has 0 aromatic carbocycles. The quantitative estimate of drug-likeness (QED) is 0.626. The van der Waals surface area contributed by atoms with Gasteiger partial charge in [0, 0.05) is 24.9 Å². The summed E-state index contributed by atoms with van der Waals surface area (Å²) in [7, 11) is 0. The van der Waals surface area contributed by atoms with Crippen LogP contribution < -0.4 is 10.6 Å². The van der Waals surface area contributed by atoms with Crippen LogP contribution >= 0.6 is 15.9 Å². The molecule has 6 heteroatoms. The van der Waals surface area contributed by atoms with Crippen LogP contribution in [0.3, 0.4) is 0 Å². The van der Waals surface area contributed by atoms with Crippen LogP contribution in [0.2, 0.25) is 0 Å². The fraction of sp³-hybridized carbons (Fsp3) is 0.250. The van der Waals surface area contributed by atoms with E-state index in [1.807, 2.05) is 6.07 Å². The second-order valence-corrected chi connectivity index (χ2v) is 4.67. The van der Waals surface area contributed by atoms with Crippen LogP contribution in [0.5, 0.6) is 0 Å². The number of hydrogen-bond acceptors (Lipinski definition) is 4. The number of anilines is 2. The Balaban J connectivity index is 2.50. The highest BCUT2D eigenvalue weighted by molar-refractivity contribution is 9.10. The molecule has 1 unspecified atom stereocenters. The average Bonchev–Trinajstić information content (AvgIpc) is 2.69. The number of nitriles is 1. The minimum absolute atomic E-state index is 0.105. The highest BCUT2D eigenvalue weighted by Gasteiger charge is 2.31. The van der Waals surface area contributed by atoms with Crippen molar-refractivity contribution in [1.29, 1.82) is 5.26 Å². The van der Waals surface area contributed by atoms with Crippen LogP contribution in [0.15, 0.2) is 10.7 Å². The number of carbonyl (C=O) groups excluding carboxylic acids is 1. The molecule has 1 saturated heterocycles. The number of nitrogens with two attached hydrogens (primary N) is 1. The first-order valence-electron chi connectivity index (χ1n) is 5.19. The van der Waals surface area contributed by atoms with Crippen molar-refractivity contribution in [3.05, 3.63) is 16.2 Å². The van der Waals surface area contributed by atoms with Crippen molar-refractivity contribution < 1.29 is 4.79 Å². The number of nitrogen functional groups attached to an aromatic ring is 1. The third-order valence-corrected chi connectivity index (χ3v) is 3.31. The molecular formula is C12H9BrN4O. The Morgan fingerprint density at radius 3 is 2.94 bits per heavy atom. The monoisotopic (exact) mass is 304 g/mol. The third-order valence-electron chi connectivity index (χ3n) is 2.74. The summed E-state index contributed by atoms with van der Waals surface area (Å²) in [5, 5.41) is 9.12. The molecule has 0 spiro atoms. The highest BCUT2D eigenvalue weighted by atomic mass is 79.9. The Bertz CT molecular complexity index is 599. The first-order chi connectivity index (χ1) is 8.56. The molecular weight excluding hydrogens is 296 g/mol. The number of amides is 1. The van der Waals surface area contributed by atoms with Gasteiger partial charge < -0.3 is 10.6 Å². The van der Waals surface area contributed by atoms with Crippen molar-refractivity contribution in [3.63, 3.8) is 0 Å². The van der Waals surface area contributed by atoms with E-state index in [0.29, 0.717) is 23.3 Å². The zero-order valence-corrected chi connectivity index (χ0v) is 10.9. The minimum atomic E-state index is -0.128. The number of pyridine rings is 1.